The number of hydrogen-bond acceptors (Lipinski definition) is 2. The molecule has 2 heteroatoms. The van der Waals surface area contributed by atoms with Gasteiger partial charge < -0.3 is 10.6 Å². The van der Waals surface area contributed by atoms with Crippen LogP contribution in [0, 0.1) is 0 Å². The third-order valence-corrected chi connectivity index (χ3v) is 3.11. The van der Waals surface area contributed by atoms with E-state index in [1.54, 1.807) is 0 Å². The second-order valence-corrected chi connectivity index (χ2v) is 4.06. The Morgan fingerprint density at radius 3 is 2.86 bits per heavy atom. The minimum Gasteiger partial charge on any atom is -0.371 e. The highest BCUT2D eigenvalue weighted by molar-refractivity contribution is 5.60. The van der Waals surface area contributed by atoms with Crippen LogP contribution >= 0.6 is 0 Å². The van der Waals surface area contributed by atoms with Gasteiger partial charge in [0.25, 0.3) is 0 Å². The predicted octanol–water partition coefficient (Wildman–Crippen LogP) is 1.96. The maximum absolute atomic E-state index is 6.00. The molecule has 14 heavy (non-hydrogen) atoms. The maximum Gasteiger partial charge on any atom is 0.0402 e. The lowest BCUT2D eigenvalue weighted by atomic mass is 9.95. The molecule has 0 aliphatic carbocycles. The molecule has 1 aromatic carbocycles. The number of fused-ring (bicyclic) bond motifs is 1. The van der Waals surface area contributed by atoms with Crippen molar-refractivity contribution in [3.8, 4) is 0 Å². The van der Waals surface area contributed by atoms with E-state index < -0.39 is 0 Å². The monoisotopic (exact) mass is 190 g/mol. The Kier molecular flexibility index (Phi) is 2.46. The molecule has 1 heterocycles. The van der Waals surface area contributed by atoms with Crippen molar-refractivity contribution >= 4 is 5.69 Å². The molecule has 0 fully saturated rings. The van der Waals surface area contributed by atoms with Gasteiger partial charge in [-0.05, 0) is 25.5 Å². The first-order chi connectivity index (χ1) is 6.74. The summed E-state index contributed by atoms with van der Waals surface area (Å²) in [6.07, 6.45) is 0. The molecular weight excluding hydrogens is 172 g/mol. The third-order valence-electron chi connectivity index (χ3n) is 3.11. The van der Waals surface area contributed by atoms with E-state index in [-0.39, 0.29) is 6.04 Å². The maximum atomic E-state index is 6.00. The zero-order valence-electron chi connectivity index (χ0n) is 8.90. The SMILES string of the molecule is CCN1CC(C(C)N)c2ccccc21. The van der Waals surface area contributed by atoms with Gasteiger partial charge in [-0.2, -0.15) is 0 Å². The largest absolute Gasteiger partial charge is 0.371 e. The van der Waals surface area contributed by atoms with Crippen LogP contribution in [0.25, 0.3) is 0 Å². The fraction of sp³-hybridized carbons (Fsp3) is 0.500. The van der Waals surface area contributed by atoms with Crippen LogP contribution in [0.1, 0.15) is 25.3 Å². The van der Waals surface area contributed by atoms with Crippen molar-refractivity contribution < 1.29 is 0 Å². The molecule has 0 bridgehead atoms. The molecule has 0 amide bonds. The highest BCUT2D eigenvalue weighted by Crippen LogP contribution is 2.36. The van der Waals surface area contributed by atoms with Crippen LogP contribution < -0.4 is 10.6 Å². The average molecular weight is 190 g/mol. The molecule has 0 saturated heterocycles. The van der Waals surface area contributed by atoms with E-state index in [0.29, 0.717) is 5.92 Å². The lowest BCUT2D eigenvalue weighted by Crippen LogP contribution is -2.29. The van der Waals surface area contributed by atoms with Crippen molar-refractivity contribution in [2.24, 2.45) is 5.73 Å². The summed E-state index contributed by atoms with van der Waals surface area (Å²) >= 11 is 0. The van der Waals surface area contributed by atoms with Gasteiger partial charge in [-0.15, -0.1) is 0 Å². The Hall–Kier alpha value is -1.02. The third kappa shape index (κ3) is 1.40. The molecule has 0 radical (unpaired) electrons. The normalized spacial score (nSPS) is 22.2. The van der Waals surface area contributed by atoms with Crippen molar-refractivity contribution in [1.29, 1.82) is 0 Å². The summed E-state index contributed by atoms with van der Waals surface area (Å²) in [5, 5.41) is 0. The second-order valence-electron chi connectivity index (χ2n) is 4.06. The number of hydrogen-bond donors (Lipinski definition) is 1. The zero-order chi connectivity index (χ0) is 10.1. The number of benzene rings is 1. The van der Waals surface area contributed by atoms with E-state index in [0.717, 1.165) is 13.1 Å². The lowest BCUT2D eigenvalue weighted by Gasteiger charge is -2.18. The van der Waals surface area contributed by atoms with Gasteiger partial charge in [0, 0.05) is 30.7 Å². The summed E-state index contributed by atoms with van der Waals surface area (Å²) < 4.78 is 0. The minimum absolute atomic E-state index is 0.243. The molecular formula is C12H18N2. The summed E-state index contributed by atoms with van der Waals surface area (Å²) in [7, 11) is 0. The van der Waals surface area contributed by atoms with Crippen molar-refractivity contribution in [3.05, 3.63) is 29.8 Å². The molecule has 0 spiro atoms. The van der Waals surface area contributed by atoms with Crippen molar-refractivity contribution in [2.45, 2.75) is 25.8 Å². The van der Waals surface area contributed by atoms with Gasteiger partial charge in [0.2, 0.25) is 0 Å². The molecule has 2 nitrogen and oxygen atoms in total. The highest BCUT2D eigenvalue weighted by atomic mass is 15.2. The molecule has 0 saturated carbocycles. The predicted molar refractivity (Wildman–Crippen MR) is 60.7 cm³/mol. The van der Waals surface area contributed by atoms with E-state index >= 15 is 0 Å². The topological polar surface area (TPSA) is 29.3 Å². The molecule has 0 aromatic heterocycles. The number of para-hydroxylation sites is 1. The summed E-state index contributed by atoms with van der Waals surface area (Å²) in [5.74, 6) is 0.506. The molecule has 1 aromatic rings. The van der Waals surface area contributed by atoms with E-state index in [1.165, 1.54) is 11.3 Å². The zero-order valence-corrected chi connectivity index (χ0v) is 8.90. The van der Waals surface area contributed by atoms with Crippen molar-refractivity contribution in [2.75, 3.05) is 18.0 Å². The van der Waals surface area contributed by atoms with Crippen LogP contribution in [-0.2, 0) is 0 Å². The molecule has 2 rings (SSSR count). The Labute approximate surface area is 85.7 Å². The number of anilines is 1. The fourth-order valence-corrected chi connectivity index (χ4v) is 2.27. The van der Waals surface area contributed by atoms with E-state index in [2.05, 4.69) is 43.0 Å². The number of likely N-dealkylation sites (N-methyl/N-ethyl adjacent to an activating group) is 1. The van der Waals surface area contributed by atoms with Gasteiger partial charge in [0.15, 0.2) is 0 Å². The second kappa shape index (κ2) is 3.62. The number of rotatable bonds is 2. The molecule has 2 unspecified atom stereocenters. The van der Waals surface area contributed by atoms with Crippen LogP contribution in [-0.4, -0.2) is 19.1 Å². The smallest absolute Gasteiger partial charge is 0.0402 e. The van der Waals surface area contributed by atoms with E-state index in [1.807, 2.05) is 0 Å². The Bertz CT molecular complexity index is 320. The van der Waals surface area contributed by atoms with Crippen LogP contribution in [0.15, 0.2) is 24.3 Å². The van der Waals surface area contributed by atoms with E-state index in [9.17, 15) is 0 Å². The van der Waals surface area contributed by atoms with Gasteiger partial charge >= 0.3 is 0 Å². The fourth-order valence-electron chi connectivity index (χ4n) is 2.27. The Morgan fingerprint density at radius 1 is 1.50 bits per heavy atom. The van der Waals surface area contributed by atoms with Crippen LogP contribution in [0.3, 0.4) is 0 Å². The van der Waals surface area contributed by atoms with Gasteiger partial charge in [0.05, 0.1) is 0 Å². The van der Waals surface area contributed by atoms with Gasteiger partial charge in [-0.25, -0.2) is 0 Å². The van der Waals surface area contributed by atoms with Crippen LogP contribution in [0.5, 0.6) is 0 Å². The first kappa shape index (κ1) is 9.53. The first-order valence-electron chi connectivity index (χ1n) is 5.33. The summed E-state index contributed by atoms with van der Waals surface area (Å²) in [6, 6.07) is 8.85. The quantitative estimate of drug-likeness (QED) is 0.772. The van der Waals surface area contributed by atoms with Gasteiger partial charge in [0.1, 0.15) is 0 Å². The summed E-state index contributed by atoms with van der Waals surface area (Å²) in [4.78, 5) is 2.41. The van der Waals surface area contributed by atoms with Gasteiger partial charge in [-0.1, -0.05) is 18.2 Å². The number of nitrogens with two attached hydrogens (primary N) is 1. The molecule has 1 aliphatic rings. The molecule has 2 atom stereocenters. The summed E-state index contributed by atoms with van der Waals surface area (Å²) in [5.41, 5.74) is 8.80. The Morgan fingerprint density at radius 2 is 2.21 bits per heavy atom. The average Bonchev–Trinajstić information content (AvgIpc) is 2.56. The van der Waals surface area contributed by atoms with Crippen molar-refractivity contribution in [1.82, 2.24) is 0 Å². The van der Waals surface area contributed by atoms with Crippen LogP contribution in [0.2, 0.25) is 0 Å². The van der Waals surface area contributed by atoms with Crippen LogP contribution in [0.4, 0.5) is 5.69 Å². The van der Waals surface area contributed by atoms with E-state index in [4.69, 9.17) is 5.73 Å². The summed E-state index contributed by atoms with van der Waals surface area (Å²) in [6.45, 7) is 6.44. The minimum atomic E-state index is 0.243. The van der Waals surface area contributed by atoms with Crippen molar-refractivity contribution in [3.63, 3.8) is 0 Å². The Balaban J connectivity index is 2.38. The first-order valence-corrected chi connectivity index (χ1v) is 5.33. The standard InChI is InChI=1S/C12H18N2/c1-3-14-8-11(9(2)13)10-6-4-5-7-12(10)14/h4-7,9,11H,3,8,13H2,1-2H3. The van der Waals surface area contributed by atoms with Gasteiger partial charge in [-0.3, -0.25) is 0 Å². The molecule has 1 aliphatic heterocycles. The molecule has 2 N–H and O–H groups in total. The highest BCUT2D eigenvalue weighted by Gasteiger charge is 2.29. The molecule has 76 valence electrons. The lowest BCUT2D eigenvalue weighted by molar-refractivity contribution is 0.586. The number of nitrogens with zero attached hydrogens (tertiary/aromatic N) is 1.